The topological polar surface area (TPSA) is 73.2 Å². The molecule has 0 radical (unpaired) electrons. The largest absolute Gasteiger partial charge is 0.320 e. The summed E-state index contributed by atoms with van der Waals surface area (Å²) in [4.78, 5) is 28.3. The lowest BCUT2D eigenvalue weighted by molar-refractivity contribution is -0.117. The number of aryl methyl sites for hydroxylation is 1. The minimum Gasteiger partial charge on any atom is -0.320 e. The lowest BCUT2D eigenvalue weighted by atomic mass is 10.0. The number of anilines is 2. The van der Waals surface area contributed by atoms with Gasteiger partial charge in [-0.2, -0.15) is 5.26 Å². The maximum Gasteiger partial charge on any atom is 0.269 e. The van der Waals surface area contributed by atoms with E-state index in [4.69, 9.17) is 23.2 Å². The third-order valence-corrected chi connectivity index (χ3v) is 7.77. The number of amides is 2. The van der Waals surface area contributed by atoms with Gasteiger partial charge in [-0.05, 0) is 60.7 Å². The Labute approximate surface area is 231 Å². The number of unbranched alkanes of at least 4 members (excludes halogenated alkanes) is 1. The highest BCUT2D eigenvalue weighted by atomic mass is 35.5. The van der Waals surface area contributed by atoms with E-state index < -0.39 is 11.2 Å². The molecule has 5 nitrogen and oxygen atoms in total. The van der Waals surface area contributed by atoms with Crippen LogP contribution in [0.3, 0.4) is 0 Å². The first-order valence-corrected chi connectivity index (χ1v) is 13.6. The van der Waals surface area contributed by atoms with Gasteiger partial charge in [-0.15, -0.1) is 0 Å². The molecule has 1 aliphatic heterocycles. The highest BCUT2D eigenvalue weighted by molar-refractivity contribution is 8.05. The monoisotopic (exact) mass is 549 g/mol. The third kappa shape index (κ3) is 6.37. The number of hydrogen-bond acceptors (Lipinski definition) is 4. The minimum absolute atomic E-state index is 0.161. The van der Waals surface area contributed by atoms with Crippen molar-refractivity contribution in [2.24, 2.45) is 0 Å². The minimum atomic E-state index is -0.649. The predicted octanol–water partition coefficient (Wildman–Crippen LogP) is 7.40. The number of hydrogen-bond donors (Lipinski definition) is 1. The number of halogens is 2. The average molecular weight is 551 g/mol. The van der Waals surface area contributed by atoms with Crippen molar-refractivity contribution in [3.05, 3.63) is 105 Å². The molecule has 2 amide bonds. The first-order chi connectivity index (χ1) is 17.9. The van der Waals surface area contributed by atoms with E-state index in [-0.39, 0.29) is 16.5 Å². The molecule has 0 unspecified atom stereocenters. The second-order valence-electron chi connectivity index (χ2n) is 8.61. The normalized spacial score (nSPS) is 16.4. The van der Waals surface area contributed by atoms with Crippen molar-refractivity contribution >= 4 is 58.2 Å². The van der Waals surface area contributed by atoms with E-state index in [0.29, 0.717) is 27.8 Å². The zero-order chi connectivity index (χ0) is 26.4. The van der Waals surface area contributed by atoms with Gasteiger partial charge in [0, 0.05) is 10.7 Å². The molecule has 3 aromatic carbocycles. The first kappa shape index (κ1) is 26.8. The van der Waals surface area contributed by atoms with E-state index >= 15 is 0 Å². The maximum atomic E-state index is 13.6. The van der Waals surface area contributed by atoms with Crippen LogP contribution in [0.15, 0.2) is 83.4 Å². The van der Waals surface area contributed by atoms with Crippen molar-refractivity contribution in [3.8, 4) is 6.07 Å². The second-order valence-corrected chi connectivity index (χ2v) is 10.6. The Morgan fingerprint density at radius 2 is 1.76 bits per heavy atom. The number of nitriles is 1. The summed E-state index contributed by atoms with van der Waals surface area (Å²) in [6, 6.07) is 24.0. The van der Waals surface area contributed by atoms with Gasteiger partial charge in [-0.25, -0.2) is 0 Å². The van der Waals surface area contributed by atoms with Crippen LogP contribution in [0.5, 0.6) is 0 Å². The lowest BCUT2D eigenvalue weighted by Crippen LogP contribution is -2.30. The number of rotatable bonds is 8. The molecule has 1 N–H and O–H groups in total. The van der Waals surface area contributed by atoms with Gasteiger partial charge in [-0.3, -0.25) is 14.5 Å². The number of carbonyl (C=O) groups is 2. The standard InChI is InChI=1S/C29H25Cl2N3O2S/c1-2-3-7-19-10-12-20(13-11-19)16-26-28(36)34(22-8-5-4-6-9-22)29(37-26)23(18-32)27(35)33-25-15-14-21(30)17-24(25)31/h4-6,8-15,17,26H,2-3,7,16H2,1H3,(H,33,35)/b29-23+/t26-/m0/s1. The van der Waals surface area contributed by atoms with E-state index in [2.05, 4.69) is 24.4 Å². The number of thioether (sulfide) groups is 1. The summed E-state index contributed by atoms with van der Waals surface area (Å²) in [5, 5.41) is 13.2. The van der Waals surface area contributed by atoms with E-state index in [9.17, 15) is 14.9 Å². The summed E-state index contributed by atoms with van der Waals surface area (Å²) in [6.07, 6.45) is 3.78. The van der Waals surface area contributed by atoms with Crippen LogP contribution in [0.2, 0.25) is 10.0 Å². The summed E-state index contributed by atoms with van der Waals surface area (Å²) in [5.74, 6) is -0.824. The van der Waals surface area contributed by atoms with Crippen molar-refractivity contribution in [3.63, 3.8) is 0 Å². The Hall–Kier alpha value is -3.24. The van der Waals surface area contributed by atoms with Crippen LogP contribution in [-0.4, -0.2) is 17.1 Å². The molecule has 3 aromatic rings. The molecular formula is C29H25Cl2N3O2S. The van der Waals surface area contributed by atoms with Crippen LogP contribution in [-0.2, 0) is 22.4 Å². The van der Waals surface area contributed by atoms with E-state index in [1.165, 1.54) is 28.3 Å². The quantitative estimate of drug-likeness (QED) is 0.234. The fraction of sp³-hybridized carbons (Fsp3) is 0.207. The highest BCUT2D eigenvalue weighted by Crippen LogP contribution is 2.42. The van der Waals surface area contributed by atoms with E-state index in [1.54, 1.807) is 24.3 Å². The SMILES string of the molecule is CCCCc1ccc(C[C@@H]2S/C(=C(\C#N)C(=O)Nc3ccc(Cl)cc3Cl)N(c3ccccc3)C2=O)cc1. The summed E-state index contributed by atoms with van der Waals surface area (Å²) in [7, 11) is 0. The fourth-order valence-electron chi connectivity index (χ4n) is 4.01. The summed E-state index contributed by atoms with van der Waals surface area (Å²) >= 11 is 13.4. The molecule has 8 heteroatoms. The molecule has 0 spiro atoms. The molecule has 1 aliphatic rings. The average Bonchev–Trinajstić information content (AvgIpc) is 3.21. The molecule has 1 saturated heterocycles. The van der Waals surface area contributed by atoms with Crippen molar-refractivity contribution < 1.29 is 9.59 Å². The van der Waals surface area contributed by atoms with Gasteiger partial charge in [0.25, 0.3) is 5.91 Å². The molecule has 0 aliphatic carbocycles. The summed E-state index contributed by atoms with van der Waals surface area (Å²) in [6.45, 7) is 2.17. The molecule has 188 valence electrons. The molecule has 1 fully saturated rings. The third-order valence-electron chi connectivity index (χ3n) is 5.96. The van der Waals surface area contributed by atoms with Gasteiger partial charge < -0.3 is 5.32 Å². The number of para-hydroxylation sites is 1. The Bertz CT molecular complexity index is 1370. The number of carbonyl (C=O) groups excluding carboxylic acids is 2. The zero-order valence-electron chi connectivity index (χ0n) is 20.2. The number of nitrogens with one attached hydrogen (secondary N) is 1. The molecular weight excluding hydrogens is 525 g/mol. The van der Waals surface area contributed by atoms with Gasteiger partial charge in [0.2, 0.25) is 5.91 Å². The van der Waals surface area contributed by atoms with Crippen molar-refractivity contribution in [1.29, 1.82) is 5.26 Å². The lowest BCUT2D eigenvalue weighted by Gasteiger charge is -2.18. The number of benzene rings is 3. The predicted molar refractivity (Wildman–Crippen MR) is 152 cm³/mol. The Balaban J connectivity index is 1.65. The van der Waals surface area contributed by atoms with Crippen LogP contribution in [0.25, 0.3) is 0 Å². The van der Waals surface area contributed by atoms with Crippen LogP contribution in [0, 0.1) is 11.3 Å². The fourth-order valence-corrected chi connectivity index (χ4v) is 5.78. The van der Waals surface area contributed by atoms with Crippen molar-refractivity contribution in [2.75, 3.05) is 10.2 Å². The van der Waals surface area contributed by atoms with Crippen LogP contribution in [0.1, 0.15) is 30.9 Å². The molecule has 0 bridgehead atoms. The van der Waals surface area contributed by atoms with Crippen LogP contribution >= 0.6 is 35.0 Å². The summed E-state index contributed by atoms with van der Waals surface area (Å²) in [5.41, 5.74) is 3.05. The van der Waals surface area contributed by atoms with Gasteiger partial charge >= 0.3 is 0 Å². The zero-order valence-corrected chi connectivity index (χ0v) is 22.5. The first-order valence-electron chi connectivity index (χ1n) is 12.0. The Kier molecular flexibility index (Phi) is 8.94. The molecule has 4 rings (SSSR count). The summed E-state index contributed by atoms with van der Waals surface area (Å²) < 4.78 is 0. The van der Waals surface area contributed by atoms with Gasteiger partial charge in [0.05, 0.1) is 16.0 Å². The molecule has 0 aromatic heterocycles. The van der Waals surface area contributed by atoms with Gasteiger partial charge in [0.1, 0.15) is 16.7 Å². The van der Waals surface area contributed by atoms with Gasteiger partial charge in [0.15, 0.2) is 0 Å². The smallest absolute Gasteiger partial charge is 0.269 e. The molecule has 1 heterocycles. The van der Waals surface area contributed by atoms with E-state index in [0.717, 1.165) is 24.8 Å². The van der Waals surface area contributed by atoms with Gasteiger partial charge in [-0.1, -0.05) is 90.8 Å². The van der Waals surface area contributed by atoms with E-state index in [1.807, 2.05) is 36.4 Å². The van der Waals surface area contributed by atoms with Crippen molar-refractivity contribution in [1.82, 2.24) is 0 Å². The number of nitrogens with zero attached hydrogens (tertiary/aromatic N) is 2. The molecule has 37 heavy (non-hydrogen) atoms. The van der Waals surface area contributed by atoms with Crippen LogP contribution < -0.4 is 10.2 Å². The Morgan fingerprint density at radius 1 is 1.05 bits per heavy atom. The molecule has 0 saturated carbocycles. The Morgan fingerprint density at radius 3 is 2.41 bits per heavy atom. The highest BCUT2D eigenvalue weighted by Gasteiger charge is 2.40. The van der Waals surface area contributed by atoms with Crippen molar-refractivity contribution in [2.45, 2.75) is 37.9 Å². The maximum absolute atomic E-state index is 13.6. The molecule has 1 atom stereocenters. The van der Waals surface area contributed by atoms with Crippen LogP contribution in [0.4, 0.5) is 11.4 Å². The second kappa shape index (κ2) is 12.3.